The molecule has 0 bridgehead atoms. The van der Waals surface area contributed by atoms with E-state index in [1.54, 1.807) is 0 Å². The maximum atomic E-state index is 2.50. The molecule has 9 aromatic rings. The van der Waals surface area contributed by atoms with Gasteiger partial charge in [-0.2, -0.15) is 0 Å². The Balaban J connectivity index is 1.01. The van der Waals surface area contributed by atoms with E-state index in [0.717, 1.165) is 37.1 Å². The summed E-state index contributed by atoms with van der Waals surface area (Å²) in [5.74, 6) is 0. The highest BCUT2D eigenvalue weighted by molar-refractivity contribution is 5.89. The van der Waals surface area contributed by atoms with E-state index in [-0.39, 0.29) is 10.8 Å². The van der Waals surface area contributed by atoms with Crippen molar-refractivity contribution >= 4 is 22.6 Å². The third kappa shape index (κ3) is 7.49. The molecule has 1 nitrogen and oxygen atoms in total. The molecule has 0 unspecified atom stereocenters. The Kier molecular flexibility index (Phi) is 10.6. The van der Waals surface area contributed by atoms with Gasteiger partial charge in [0, 0.05) is 27.8 Å². The molecule has 12 rings (SSSR count). The molecule has 0 amide bonds. The maximum absolute atomic E-state index is 2.50. The fourth-order valence-corrected chi connectivity index (χ4v) is 11.9. The smallest absolute Gasteiger partial charge is 0.0536 e. The van der Waals surface area contributed by atoms with E-state index >= 15 is 0 Å². The monoisotopic (exact) mass is 887 g/mol. The lowest BCUT2D eigenvalue weighted by molar-refractivity contribution is 0.659. The summed E-state index contributed by atoms with van der Waals surface area (Å²) in [5, 5.41) is 0. The number of allylic oxidation sites excluding steroid dienone is 4. The van der Waals surface area contributed by atoms with Crippen LogP contribution in [-0.4, -0.2) is 0 Å². The summed E-state index contributed by atoms with van der Waals surface area (Å²) in [6.07, 6.45) is 10.5. The minimum absolute atomic E-state index is 0.0488. The molecular weight excluding hydrogens is 831 g/mol. The van der Waals surface area contributed by atoms with Crippen molar-refractivity contribution in [2.24, 2.45) is 0 Å². The quantitative estimate of drug-likeness (QED) is 0.132. The van der Waals surface area contributed by atoms with Gasteiger partial charge in [0.1, 0.15) is 0 Å². The van der Waals surface area contributed by atoms with Crippen LogP contribution in [0.5, 0.6) is 0 Å². The van der Waals surface area contributed by atoms with Gasteiger partial charge < -0.3 is 4.90 Å². The van der Waals surface area contributed by atoms with Gasteiger partial charge in [-0.3, -0.25) is 0 Å². The third-order valence-corrected chi connectivity index (χ3v) is 15.5. The number of hydrogen-bond acceptors (Lipinski definition) is 1. The number of rotatable bonds is 10. The number of benzene rings is 9. The van der Waals surface area contributed by atoms with Crippen LogP contribution in [0.2, 0.25) is 0 Å². The van der Waals surface area contributed by atoms with Crippen molar-refractivity contribution in [3.8, 4) is 44.5 Å². The molecular formula is C68H57N. The Labute approximate surface area is 408 Å². The minimum atomic E-state index is -0.0829. The van der Waals surface area contributed by atoms with E-state index in [1.807, 2.05) is 0 Å². The molecule has 0 heterocycles. The molecule has 0 aromatic heterocycles. The van der Waals surface area contributed by atoms with Gasteiger partial charge in [-0.1, -0.05) is 222 Å². The van der Waals surface area contributed by atoms with Crippen LogP contribution in [0.25, 0.3) is 50.1 Å². The van der Waals surface area contributed by atoms with Gasteiger partial charge in [0.15, 0.2) is 0 Å². The van der Waals surface area contributed by atoms with E-state index in [1.165, 1.54) is 106 Å². The zero-order valence-electron chi connectivity index (χ0n) is 40.1. The van der Waals surface area contributed by atoms with Gasteiger partial charge in [0.2, 0.25) is 0 Å². The van der Waals surface area contributed by atoms with E-state index in [2.05, 4.69) is 257 Å². The summed E-state index contributed by atoms with van der Waals surface area (Å²) in [5.41, 5.74) is 27.3. The van der Waals surface area contributed by atoms with Gasteiger partial charge in [-0.05, 0) is 151 Å². The molecule has 3 aliphatic carbocycles. The number of nitrogens with zero attached hydrogens (tertiary/aromatic N) is 1. The molecule has 0 N–H and O–H groups in total. The average Bonchev–Trinajstić information content (AvgIpc) is 3.76. The third-order valence-electron chi connectivity index (χ3n) is 15.5. The van der Waals surface area contributed by atoms with Gasteiger partial charge >= 0.3 is 0 Å². The van der Waals surface area contributed by atoms with Crippen molar-refractivity contribution < 1.29 is 0 Å². The second-order valence-electron chi connectivity index (χ2n) is 20.4. The van der Waals surface area contributed by atoms with E-state index in [9.17, 15) is 0 Å². The first-order valence-electron chi connectivity index (χ1n) is 24.8. The molecule has 1 heteroatoms. The molecule has 0 saturated heterocycles. The maximum Gasteiger partial charge on any atom is 0.0536 e. The summed E-state index contributed by atoms with van der Waals surface area (Å²) in [7, 11) is 0. The highest BCUT2D eigenvalue weighted by atomic mass is 15.1. The van der Waals surface area contributed by atoms with E-state index < -0.39 is 0 Å². The first-order chi connectivity index (χ1) is 33.7. The van der Waals surface area contributed by atoms with Crippen LogP contribution in [0.15, 0.2) is 224 Å². The van der Waals surface area contributed by atoms with Crippen molar-refractivity contribution in [2.45, 2.75) is 64.2 Å². The van der Waals surface area contributed by atoms with Crippen LogP contribution in [0, 0.1) is 0 Å². The molecule has 0 fully saturated rings. The molecule has 3 aliphatic rings. The van der Waals surface area contributed by atoms with Gasteiger partial charge in [-0.25, -0.2) is 0 Å². The normalized spacial score (nSPS) is 14.6. The first kappa shape index (κ1) is 42.6. The van der Waals surface area contributed by atoms with Crippen molar-refractivity contribution in [3.63, 3.8) is 0 Å². The lowest BCUT2D eigenvalue weighted by Gasteiger charge is -2.30. The summed E-state index contributed by atoms with van der Waals surface area (Å²) < 4.78 is 0. The fourth-order valence-electron chi connectivity index (χ4n) is 11.9. The minimum Gasteiger partial charge on any atom is -0.310 e. The molecule has 0 atom stereocenters. The lowest BCUT2D eigenvalue weighted by atomic mass is 9.81. The molecule has 334 valence electrons. The van der Waals surface area contributed by atoms with Crippen LogP contribution in [0.3, 0.4) is 0 Å². The van der Waals surface area contributed by atoms with E-state index in [0.29, 0.717) is 0 Å². The second-order valence-corrected chi connectivity index (χ2v) is 20.4. The summed E-state index contributed by atoms with van der Waals surface area (Å²) in [6, 6.07) is 77.6. The van der Waals surface area contributed by atoms with Crippen LogP contribution < -0.4 is 4.90 Å². The van der Waals surface area contributed by atoms with Crippen molar-refractivity contribution in [3.05, 3.63) is 275 Å². The summed E-state index contributed by atoms with van der Waals surface area (Å²) in [4.78, 5) is 2.50. The largest absolute Gasteiger partial charge is 0.310 e. The first-order valence-corrected chi connectivity index (χ1v) is 24.8. The Morgan fingerprint density at radius 2 is 0.884 bits per heavy atom. The number of fused-ring (bicyclic) bond motifs is 6. The van der Waals surface area contributed by atoms with Crippen LogP contribution in [0.1, 0.15) is 90.6 Å². The molecule has 0 radical (unpaired) electrons. The Bertz CT molecular complexity index is 3490. The zero-order valence-corrected chi connectivity index (χ0v) is 40.1. The van der Waals surface area contributed by atoms with Crippen LogP contribution in [0.4, 0.5) is 17.1 Å². The molecule has 9 aromatic carbocycles. The Hall–Kier alpha value is -7.74. The number of anilines is 3. The predicted octanol–water partition coefficient (Wildman–Crippen LogP) is 18.0. The predicted molar refractivity (Wildman–Crippen MR) is 292 cm³/mol. The fraction of sp³-hybridized carbons (Fsp3) is 0.147. The average molecular weight is 888 g/mol. The summed E-state index contributed by atoms with van der Waals surface area (Å²) in [6.45, 7) is 9.53. The number of hydrogen-bond donors (Lipinski definition) is 0. The highest BCUT2D eigenvalue weighted by Crippen LogP contribution is 2.51. The van der Waals surface area contributed by atoms with Gasteiger partial charge in [0.05, 0.1) is 5.69 Å². The zero-order chi connectivity index (χ0) is 46.7. The van der Waals surface area contributed by atoms with Crippen molar-refractivity contribution in [1.29, 1.82) is 0 Å². The number of para-hydroxylation sites is 1. The summed E-state index contributed by atoms with van der Waals surface area (Å²) >= 11 is 0. The lowest BCUT2D eigenvalue weighted by Crippen LogP contribution is -2.15. The highest BCUT2D eigenvalue weighted by Gasteiger charge is 2.36. The van der Waals surface area contributed by atoms with Gasteiger partial charge in [0.25, 0.3) is 0 Å². The molecule has 0 spiro atoms. The van der Waals surface area contributed by atoms with E-state index in [4.69, 9.17) is 0 Å². The Morgan fingerprint density at radius 1 is 0.391 bits per heavy atom. The van der Waals surface area contributed by atoms with Crippen molar-refractivity contribution in [2.75, 3.05) is 4.90 Å². The van der Waals surface area contributed by atoms with Gasteiger partial charge in [-0.15, -0.1) is 0 Å². The SMILES string of the molecule is CC1(C)c2ccccc2-c2ccc(Cc3ccccc3-c3ccc(N(c4ccc(-c5ccccc5)cc4)c4ccccc4C4=CC=CCC4)cc3Cc3ccc4c(c3)C(C)(C)c3ccccc3-4)cc21. The Morgan fingerprint density at radius 3 is 1.52 bits per heavy atom. The van der Waals surface area contributed by atoms with Crippen molar-refractivity contribution in [1.82, 2.24) is 0 Å². The van der Waals surface area contributed by atoms with Crippen LogP contribution in [-0.2, 0) is 23.7 Å². The second kappa shape index (κ2) is 17.1. The standard InChI is InChI=1S/C68H57N/c1-67(2)62-28-16-13-26-58(62)60-38-31-46(43-64(60)67)41-51-23-11-12-24-55(51)56-40-37-54(45-52(56)42-47-32-39-61-59-27-14-17-29-63(59)68(3,4)65(61)44-47)69(53-35-33-49(34-36-53)48-19-7-5-8-20-48)66-30-18-15-25-57(66)50-21-9-6-10-22-50/h5-9,11-21,23-40,43-45H,10,22,41-42H2,1-4H3. The molecule has 0 aliphatic heterocycles. The molecule has 69 heavy (non-hydrogen) atoms. The topological polar surface area (TPSA) is 3.24 Å². The molecule has 0 saturated carbocycles. The van der Waals surface area contributed by atoms with Crippen LogP contribution >= 0.6 is 0 Å².